The van der Waals surface area contributed by atoms with E-state index in [1.165, 1.54) is 18.2 Å². The van der Waals surface area contributed by atoms with Crippen LogP contribution in [0.2, 0.25) is 0 Å². The molecule has 0 spiro atoms. The van der Waals surface area contributed by atoms with E-state index in [-0.39, 0.29) is 11.6 Å². The fourth-order valence-corrected chi connectivity index (χ4v) is 3.23. The van der Waals surface area contributed by atoms with Crippen LogP contribution in [0.4, 0.5) is 8.78 Å². The van der Waals surface area contributed by atoms with Crippen LogP contribution in [-0.4, -0.2) is 10.7 Å². The van der Waals surface area contributed by atoms with Gasteiger partial charge in [-0.15, -0.1) is 0 Å². The number of benzene rings is 2. The molecule has 4 heteroatoms. The Kier molecular flexibility index (Phi) is 4.10. The molecule has 2 aromatic carbocycles. The molecule has 1 atom stereocenters. The molecule has 4 rings (SSSR count). The summed E-state index contributed by atoms with van der Waals surface area (Å²) < 4.78 is 27.9. The third kappa shape index (κ3) is 3.07. The summed E-state index contributed by atoms with van der Waals surface area (Å²) in [6, 6.07) is 15.9. The molecule has 0 fully saturated rings. The maximum atomic E-state index is 13.9. The van der Waals surface area contributed by atoms with Gasteiger partial charge in [0.05, 0.1) is 11.6 Å². The predicted molar refractivity (Wildman–Crippen MR) is 94.5 cm³/mol. The maximum absolute atomic E-state index is 13.9. The van der Waals surface area contributed by atoms with Gasteiger partial charge < -0.3 is 0 Å². The molecule has 0 aliphatic carbocycles. The molecule has 0 radical (unpaired) electrons. The van der Waals surface area contributed by atoms with E-state index in [9.17, 15) is 8.78 Å². The lowest BCUT2D eigenvalue weighted by Gasteiger charge is -2.08. The van der Waals surface area contributed by atoms with Crippen molar-refractivity contribution in [3.8, 4) is 11.1 Å². The summed E-state index contributed by atoms with van der Waals surface area (Å²) in [6.45, 7) is 0. The highest BCUT2D eigenvalue weighted by Crippen LogP contribution is 2.33. The first-order valence-corrected chi connectivity index (χ1v) is 8.24. The lowest BCUT2D eigenvalue weighted by atomic mass is 10.00. The van der Waals surface area contributed by atoms with Gasteiger partial charge in [-0.1, -0.05) is 36.4 Å². The Morgan fingerprint density at radius 1 is 0.840 bits per heavy atom. The molecule has 2 nitrogen and oxygen atoms in total. The van der Waals surface area contributed by atoms with Crippen molar-refractivity contribution in [3.05, 3.63) is 89.8 Å². The largest absolute Gasteiger partial charge is 0.281 e. The molecular weight excluding hydrogens is 318 g/mol. The number of pyridine rings is 1. The minimum absolute atomic E-state index is 0.0111. The van der Waals surface area contributed by atoms with Crippen LogP contribution in [0.3, 0.4) is 0 Å². The molecular formula is C21H16F2N2. The van der Waals surface area contributed by atoms with E-state index in [4.69, 9.17) is 0 Å². The summed E-state index contributed by atoms with van der Waals surface area (Å²) in [5, 5.41) is 0. The second-order valence-corrected chi connectivity index (χ2v) is 6.09. The topological polar surface area (TPSA) is 25.2 Å². The molecule has 0 amide bonds. The third-order valence-electron chi connectivity index (χ3n) is 4.51. The Hall–Kier alpha value is -2.88. The number of aromatic nitrogens is 1. The van der Waals surface area contributed by atoms with Crippen molar-refractivity contribution in [2.45, 2.75) is 18.9 Å². The Labute approximate surface area is 144 Å². The van der Waals surface area contributed by atoms with E-state index in [0.29, 0.717) is 12.1 Å². The lowest BCUT2D eigenvalue weighted by Crippen LogP contribution is -2.03. The zero-order valence-electron chi connectivity index (χ0n) is 13.5. The Balaban J connectivity index is 1.60. The summed E-state index contributed by atoms with van der Waals surface area (Å²) in [6.07, 6.45) is 4.90. The third-order valence-corrected chi connectivity index (χ3v) is 4.51. The van der Waals surface area contributed by atoms with Crippen LogP contribution in [0.1, 0.15) is 30.0 Å². The van der Waals surface area contributed by atoms with Gasteiger partial charge in [0.2, 0.25) is 0 Å². The first-order valence-electron chi connectivity index (χ1n) is 8.24. The normalized spacial score (nSPS) is 16.7. The number of rotatable bonds is 3. The van der Waals surface area contributed by atoms with Crippen molar-refractivity contribution < 1.29 is 8.78 Å². The van der Waals surface area contributed by atoms with Gasteiger partial charge >= 0.3 is 0 Å². The van der Waals surface area contributed by atoms with Crippen molar-refractivity contribution in [3.63, 3.8) is 0 Å². The summed E-state index contributed by atoms with van der Waals surface area (Å²) in [7, 11) is 0. The SMILES string of the molecule is Fc1cccc(F)c1C1=NC(c2ccc(-c3cccnc3)cc2)CC1. The Morgan fingerprint density at radius 3 is 2.28 bits per heavy atom. The molecule has 0 saturated heterocycles. The standard InChI is InChI=1S/C21H16F2N2/c22-17-4-1-5-18(23)21(17)20-11-10-19(25-20)15-8-6-14(7-9-15)16-3-2-12-24-13-16/h1-9,12-13,19H,10-11H2. The highest BCUT2D eigenvalue weighted by molar-refractivity contribution is 6.02. The molecule has 0 bridgehead atoms. The monoisotopic (exact) mass is 334 g/mol. The van der Waals surface area contributed by atoms with Crippen molar-refractivity contribution in [1.29, 1.82) is 0 Å². The van der Waals surface area contributed by atoms with E-state index in [1.54, 1.807) is 6.20 Å². The number of aliphatic imine (C=N–C) groups is 1. The molecule has 2 heterocycles. The zero-order chi connectivity index (χ0) is 17.2. The minimum Gasteiger partial charge on any atom is -0.281 e. The van der Waals surface area contributed by atoms with E-state index >= 15 is 0 Å². The summed E-state index contributed by atoms with van der Waals surface area (Å²) in [5.74, 6) is -1.10. The Morgan fingerprint density at radius 2 is 1.60 bits per heavy atom. The van der Waals surface area contributed by atoms with E-state index in [1.807, 2.05) is 42.6 Å². The second-order valence-electron chi connectivity index (χ2n) is 6.09. The van der Waals surface area contributed by atoms with Crippen LogP contribution in [0, 0.1) is 11.6 Å². The fourth-order valence-electron chi connectivity index (χ4n) is 3.23. The minimum atomic E-state index is -0.550. The average Bonchev–Trinajstić information content (AvgIpc) is 3.12. The molecule has 3 aromatic rings. The van der Waals surface area contributed by atoms with Crippen LogP contribution < -0.4 is 0 Å². The zero-order valence-corrected chi connectivity index (χ0v) is 13.5. The van der Waals surface area contributed by atoms with Crippen molar-refractivity contribution in [1.82, 2.24) is 4.98 Å². The van der Waals surface area contributed by atoms with Crippen LogP contribution in [0.25, 0.3) is 11.1 Å². The lowest BCUT2D eigenvalue weighted by molar-refractivity contribution is 0.578. The molecule has 1 unspecified atom stereocenters. The first kappa shape index (κ1) is 15.6. The van der Waals surface area contributed by atoms with Gasteiger partial charge in [0.15, 0.2) is 0 Å². The molecule has 0 saturated carbocycles. The Bertz CT molecular complexity index is 898. The number of hydrogen-bond acceptors (Lipinski definition) is 2. The first-order chi connectivity index (χ1) is 12.2. The highest BCUT2D eigenvalue weighted by Gasteiger charge is 2.24. The van der Waals surface area contributed by atoms with E-state index < -0.39 is 11.6 Å². The van der Waals surface area contributed by atoms with Gasteiger partial charge in [-0.25, -0.2) is 8.78 Å². The second kappa shape index (κ2) is 6.55. The summed E-state index contributed by atoms with van der Waals surface area (Å²) in [5.41, 5.74) is 3.71. The van der Waals surface area contributed by atoms with Gasteiger partial charge in [-0.3, -0.25) is 9.98 Å². The number of hydrogen-bond donors (Lipinski definition) is 0. The molecule has 1 aromatic heterocycles. The number of halogens is 2. The van der Waals surface area contributed by atoms with E-state index in [2.05, 4.69) is 9.98 Å². The number of nitrogens with zero attached hydrogens (tertiary/aromatic N) is 2. The van der Waals surface area contributed by atoms with Gasteiger partial charge in [-0.2, -0.15) is 0 Å². The van der Waals surface area contributed by atoms with Crippen LogP contribution in [0.5, 0.6) is 0 Å². The van der Waals surface area contributed by atoms with Gasteiger partial charge in [-0.05, 0) is 47.7 Å². The van der Waals surface area contributed by atoms with E-state index in [0.717, 1.165) is 23.1 Å². The van der Waals surface area contributed by atoms with Crippen molar-refractivity contribution in [2.24, 2.45) is 4.99 Å². The predicted octanol–water partition coefficient (Wildman–Crippen LogP) is 5.35. The van der Waals surface area contributed by atoms with Crippen LogP contribution in [0.15, 0.2) is 72.0 Å². The summed E-state index contributed by atoms with van der Waals surface area (Å²) in [4.78, 5) is 8.70. The van der Waals surface area contributed by atoms with Crippen molar-refractivity contribution >= 4 is 5.71 Å². The molecule has 124 valence electrons. The van der Waals surface area contributed by atoms with Gasteiger partial charge in [0.25, 0.3) is 0 Å². The maximum Gasteiger partial charge on any atom is 0.135 e. The smallest absolute Gasteiger partial charge is 0.135 e. The van der Waals surface area contributed by atoms with Crippen molar-refractivity contribution in [2.75, 3.05) is 0 Å². The van der Waals surface area contributed by atoms with Crippen LogP contribution >= 0.6 is 0 Å². The quantitative estimate of drug-likeness (QED) is 0.634. The fraction of sp³-hybridized carbons (Fsp3) is 0.143. The molecule has 0 N–H and O–H groups in total. The van der Waals surface area contributed by atoms with Crippen LogP contribution in [-0.2, 0) is 0 Å². The van der Waals surface area contributed by atoms with Gasteiger partial charge in [0.1, 0.15) is 11.6 Å². The average molecular weight is 334 g/mol. The van der Waals surface area contributed by atoms with Gasteiger partial charge in [0, 0.05) is 18.1 Å². The molecule has 25 heavy (non-hydrogen) atoms. The highest BCUT2D eigenvalue weighted by atomic mass is 19.1. The molecule has 1 aliphatic heterocycles. The molecule has 1 aliphatic rings. The summed E-state index contributed by atoms with van der Waals surface area (Å²) >= 11 is 0.